The van der Waals surface area contributed by atoms with E-state index in [2.05, 4.69) is 0 Å². The van der Waals surface area contributed by atoms with E-state index >= 15 is 0 Å². The molecule has 0 bridgehead atoms. The van der Waals surface area contributed by atoms with E-state index in [0.29, 0.717) is 24.7 Å². The number of aliphatic hydroxyl groups is 1. The molecule has 0 aliphatic rings. The van der Waals surface area contributed by atoms with E-state index in [1.807, 2.05) is 20.8 Å². The average molecular weight is 288 g/mol. The molecule has 19 heavy (non-hydrogen) atoms. The molecule has 1 atom stereocenters. The van der Waals surface area contributed by atoms with Crippen molar-refractivity contribution in [2.45, 2.75) is 45.2 Å². The van der Waals surface area contributed by atoms with Gasteiger partial charge in [0.15, 0.2) is 0 Å². The number of sulfonamides is 1. The number of rotatable bonds is 7. The first-order valence-electron chi connectivity index (χ1n) is 6.63. The molecule has 0 radical (unpaired) electrons. The van der Waals surface area contributed by atoms with Gasteiger partial charge in [-0.2, -0.15) is 0 Å². The van der Waals surface area contributed by atoms with Crippen LogP contribution in [0.3, 0.4) is 0 Å². The van der Waals surface area contributed by atoms with Gasteiger partial charge in [-0.1, -0.05) is 20.3 Å². The third-order valence-corrected chi connectivity index (χ3v) is 5.23. The van der Waals surface area contributed by atoms with Gasteiger partial charge in [0, 0.05) is 32.0 Å². The third kappa shape index (κ3) is 3.58. The highest BCUT2D eigenvalue weighted by Gasteiger charge is 2.24. The molecule has 0 aliphatic heterocycles. The third-order valence-electron chi connectivity index (χ3n) is 3.44. The maximum Gasteiger partial charge on any atom is 0.244 e. The number of nitrogens with zero attached hydrogens (tertiary/aromatic N) is 2. The molecular formula is C13H24N2O3S. The van der Waals surface area contributed by atoms with E-state index in [4.69, 9.17) is 0 Å². The molecule has 1 aromatic heterocycles. The Labute approximate surface area is 115 Å². The number of aliphatic hydroxyl groups excluding tert-OH is 1. The highest BCUT2D eigenvalue weighted by Crippen LogP contribution is 2.19. The highest BCUT2D eigenvalue weighted by atomic mass is 32.2. The Balaban J connectivity index is 3.02. The van der Waals surface area contributed by atoms with Crippen molar-refractivity contribution in [2.75, 3.05) is 13.6 Å². The Morgan fingerprint density at radius 2 is 2.05 bits per heavy atom. The molecule has 1 heterocycles. The molecule has 1 N–H and O–H groups in total. The molecule has 0 spiro atoms. The Morgan fingerprint density at radius 1 is 1.42 bits per heavy atom. The summed E-state index contributed by atoms with van der Waals surface area (Å²) in [4.78, 5) is 0.254. The molecule has 110 valence electrons. The van der Waals surface area contributed by atoms with Crippen LogP contribution in [0.15, 0.2) is 17.2 Å². The van der Waals surface area contributed by atoms with Crippen LogP contribution in [0, 0.1) is 5.92 Å². The van der Waals surface area contributed by atoms with Gasteiger partial charge < -0.3 is 9.67 Å². The zero-order valence-corrected chi connectivity index (χ0v) is 12.9. The van der Waals surface area contributed by atoms with Gasteiger partial charge in [-0.3, -0.25) is 0 Å². The maximum absolute atomic E-state index is 12.4. The van der Waals surface area contributed by atoms with E-state index in [0.717, 1.165) is 6.42 Å². The average Bonchev–Trinajstić information content (AvgIpc) is 2.82. The topological polar surface area (TPSA) is 62.5 Å². The summed E-state index contributed by atoms with van der Waals surface area (Å²) in [6.45, 7) is 6.98. The van der Waals surface area contributed by atoms with Gasteiger partial charge in [-0.05, 0) is 18.9 Å². The SMILES string of the molecule is CCC(C)CN(C)S(=O)(=O)c1cc(CO)n(CC)c1. The van der Waals surface area contributed by atoms with Crippen LogP contribution in [-0.2, 0) is 23.2 Å². The van der Waals surface area contributed by atoms with E-state index in [1.54, 1.807) is 23.9 Å². The van der Waals surface area contributed by atoms with Crippen molar-refractivity contribution >= 4 is 10.0 Å². The molecule has 0 aliphatic carbocycles. The van der Waals surface area contributed by atoms with Crippen LogP contribution >= 0.6 is 0 Å². The van der Waals surface area contributed by atoms with Gasteiger partial charge in [0.25, 0.3) is 0 Å². The second-order valence-corrected chi connectivity index (χ2v) is 6.96. The van der Waals surface area contributed by atoms with Crippen LogP contribution in [0.1, 0.15) is 32.9 Å². The van der Waals surface area contributed by atoms with Crippen molar-refractivity contribution in [1.29, 1.82) is 0 Å². The first-order chi connectivity index (χ1) is 8.86. The predicted octanol–water partition coefficient (Wildman–Crippen LogP) is 1.67. The van der Waals surface area contributed by atoms with Crippen molar-refractivity contribution in [3.63, 3.8) is 0 Å². The van der Waals surface area contributed by atoms with Crippen LogP contribution in [-0.4, -0.2) is 36.0 Å². The van der Waals surface area contributed by atoms with Crippen LogP contribution in [0.25, 0.3) is 0 Å². The van der Waals surface area contributed by atoms with Gasteiger partial charge in [0.05, 0.1) is 6.61 Å². The lowest BCUT2D eigenvalue weighted by Gasteiger charge is -2.19. The molecule has 1 rings (SSSR count). The fourth-order valence-electron chi connectivity index (χ4n) is 1.94. The zero-order valence-electron chi connectivity index (χ0n) is 12.1. The van der Waals surface area contributed by atoms with Gasteiger partial charge in [-0.25, -0.2) is 12.7 Å². The molecule has 0 saturated carbocycles. The Kier molecular flexibility index (Phi) is 5.58. The maximum atomic E-state index is 12.4. The predicted molar refractivity (Wildman–Crippen MR) is 75.3 cm³/mol. The fraction of sp³-hybridized carbons (Fsp3) is 0.692. The normalized spacial score (nSPS) is 14.0. The second kappa shape index (κ2) is 6.54. The molecule has 1 aromatic rings. The number of hydrogen-bond acceptors (Lipinski definition) is 3. The number of aryl methyl sites for hydroxylation is 1. The van der Waals surface area contributed by atoms with Crippen molar-refractivity contribution in [2.24, 2.45) is 5.92 Å². The quantitative estimate of drug-likeness (QED) is 0.830. The summed E-state index contributed by atoms with van der Waals surface area (Å²) in [5.74, 6) is 0.324. The summed E-state index contributed by atoms with van der Waals surface area (Å²) in [6, 6.07) is 1.55. The molecule has 0 fully saturated rings. The minimum Gasteiger partial charge on any atom is -0.390 e. The first kappa shape index (κ1) is 16.2. The first-order valence-corrected chi connectivity index (χ1v) is 8.07. The summed E-state index contributed by atoms with van der Waals surface area (Å²) >= 11 is 0. The zero-order chi connectivity index (χ0) is 14.6. The van der Waals surface area contributed by atoms with Crippen molar-refractivity contribution in [3.8, 4) is 0 Å². The van der Waals surface area contributed by atoms with Gasteiger partial charge in [-0.15, -0.1) is 0 Å². The van der Waals surface area contributed by atoms with Gasteiger partial charge >= 0.3 is 0 Å². The Bertz CT molecular complexity index is 486. The molecule has 0 saturated heterocycles. The summed E-state index contributed by atoms with van der Waals surface area (Å²) in [5, 5.41) is 9.22. The lowest BCUT2D eigenvalue weighted by molar-refractivity contribution is 0.271. The largest absolute Gasteiger partial charge is 0.390 e. The van der Waals surface area contributed by atoms with Crippen LogP contribution in [0.4, 0.5) is 0 Å². The summed E-state index contributed by atoms with van der Waals surface area (Å²) in [5.41, 5.74) is 0.623. The van der Waals surface area contributed by atoms with Crippen LogP contribution in [0.5, 0.6) is 0 Å². The van der Waals surface area contributed by atoms with E-state index in [-0.39, 0.29) is 11.5 Å². The van der Waals surface area contributed by atoms with E-state index in [1.165, 1.54) is 4.31 Å². The minimum atomic E-state index is -3.46. The molecular weight excluding hydrogens is 264 g/mol. The Morgan fingerprint density at radius 3 is 2.47 bits per heavy atom. The van der Waals surface area contributed by atoms with Crippen LogP contribution < -0.4 is 0 Å². The smallest absolute Gasteiger partial charge is 0.244 e. The highest BCUT2D eigenvalue weighted by molar-refractivity contribution is 7.89. The van der Waals surface area contributed by atoms with Crippen molar-refractivity contribution < 1.29 is 13.5 Å². The number of aromatic nitrogens is 1. The van der Waals surface area contributed by atoms with Crippen molar-refractivity contribution in [1.82, 2.24) is 8.87 Å². The van der Waals surface area contributed by atoms with Gasteiger partial charge in [0.2, 0.25) is 10.0 Å². The summed E-state index contributed by atoms with van der Waals surface area (Å²) in [6.07, 6.45) is 2.53. The minimum absolute atomic E-state index is 0.154. The summed E-state index contributed by atoms with van der Waals surface area (Å²) < 4.78 is 28.0. The molecule has 1 unspecified atom stereocenters. The molecule has 5 nitrogen and oxygen atoms in total. The monoisotopic (exact) mass is 288 g/mol. The molecule has 0 amide bonds. The van der Waals surface area contributed by atoms with E-state index < -0.39 is 10.0 Å². The second-order valence-electron chi connectivity index (χ2n) is 4.91. The van der Waals surface area contributed by atoms with Crippen molar-refractivity contribution in [3.05, 3.63) is 18.0 Å². The van der Waals surface area contributed by atoms with Gasteiger partial charge in [0.1, 0.15) is 4.90 Å². The lowest BCUT2D eigenvalue weighted by Crippen LogP contribution is -2.30. The lowest BCUT2D eigenvalue weighted by atomic mass is 10.1. The van der Waals surface area contributed by atoms with E-state index in [9.17, 15) is 13.5 Å². The summed E-state index contributed by atoms with van der Waals surface area (Å²) in [7, 11) is -1.86. The standard InChI is InChI=1S/C13H24N2O3S/c1-5-11(3)8-14(4)19(17,18)13-7-12(10-16)15(6-2)9-13/h7,9,11,16H,5-6,8,10H2,1-4H3. The Hall–Kier alpha value is -0.850. The fourth-order valence-corrected chi connectivity index (χ4v) is 3.29. The van der Waals surface area contributed by atoms with Crippen LogP contribution in [0.2, 0.25) is 0 Å². The number of hydrogen-bond donors (Lipinski definition) is 1. The molecule has 0 aromatic carbocycles. The molecule has 6 heteroatoms.